The minimum atomic E-state index is -0.494. The largest absolute Gasteiger partial charge is 0.463 e. The number of methoxy groups -OCH3 is 1. The number of carbonyl (C=O) groups is 1. The average molecular weight is 215 g/mol. The third-order valence-corrected chi connectivity index (χ3v) is 2.45. The maximum atomic E-state index is 11.0. The molecular weight excluding hydrogens is 202 g/mol. The summed E-state index contributed by atoms with van der Waals surface area (Å²) in [5.41, 5.74) is 0. The lowest BCUT2D eigenvalue weighted by Crippen LogP contribution is -2.06. The van der Waals surface area contributed by atoms with Crippen LogP contribution in [-0.4, -0.2) is 39.3 Å². The highest BCUT2D eigenvalue weighted by atomic mass is 32.2. The maximum absolute atomic E-state index is 11.0. The van der Waals surface area contributed by atoms with E-state index in [0.717, 1.165) is 18.1 Å². The van der Waals surface area contributed by atoms with E-state index in [0.29, 0.717) is 0 Å². The summed E-state index contributed by atoms with van der Waals surface area (Å²) < 4.78 is 6.14. The van der Waals surface area contributed by atoms with E-state index in [9.17, 15) is 4.79 Å². The van der Waals surface area contributed by atoms with Gasteiger partial charge in [0.15, 0.2) is 0 Å². The van der Waals surface area contributed by atoms with Gasteiger partial charge in [-0.05, 0) is 5.75 Å². The lowest BCUT2D eigenvalue weighted by Gasteiger charge is -1.97. The molecule has 0 unspecified atom stereocenters. The van der Waals surface area contributed by atoms with Gasteiger partial charge in [-0.15, -0.1) is 5.10 Å². The standard InChI is InChI=1S/C8H13N3O2S/c1-3-14-5-4-11-6-9-7(10-11)8(12)13-2/h6H,3-5H2,1-2H3. The summed E-state index contributed by atoms with van der Waals surface area (Å²) in [5.74, 6) is 1.68. The molecule has 0 aliphatic heterocycles. The van der Waals surface area contributed by atoms with E-state index in [1.165, 1.54) is 7.11 Å². The number of nitrogens with zero attached hydrogens (tertiary/aromatic N) is 3. The summed E-state index contributed by atoms with van der Waals surface area (Å²) >= 11 is 1.82. The van der Waals surface area contributed by atoms with Gasteiger partial charge in [-0.2, -0.15) is 11.8 Å². The molecule has 1 aromatic rings. The molecule has 0 saturated carbocycles. The number of aryl methyl sites for hydroxylation is 1. The van der Waals surface area contributed by atoms with Crippen LogP contribution in [-0.2, 0) is 11.3 Å². The van der Waals surface area contributed by atoms with Gasteiger partial charge in [0.05, 0.1) is 13.7 Å². The summed E-state index contributed by atoms with van der Waals surface area (Å²) in [7, 11) is 1.32. The molecule has 0 saturated heterocycles. The molecule has 5 nitrogen and oxygen atoms in total. The van der Waals surface area contributed by atoms with Crippen LogP contribution in [0.15, 0.2) is 6.33 Å². The number of aromatic nitrogens is 3. The molecule has 0 fully saturated rings. The average Bonchev–Trinajstić information content (AvgIpc) is 2.66. The van der Waals surface area contributed by atoms with Crippen molar-refractivity contribution in [3.8, 4) is 0 Å². The summed E-state index contributed by atoms with van der Waals surface area (Å²) in [6.07, 6.45) is 1.54. The third kappa shape index (κ3) is 3.02. The van der Waals surface area contributed by atoms with Crippen LogP contribution in [0.25, 0.3) is 0 Å². The minimum absolute atomic E-state index is 0.119. The Balaban J connectivity index is 2.46. The Kier molecular flexibility index (Phi) is 4.45. The molecule has 0 amide bonds. The van der Waals surface area contributed by atoms with Crippen molar-refractivity contribution in [3.05, 3.63) is 12.2 Å². The maximum Gasteiger partial charge on any atom is 0.377 e. The molecule has 14 heavy (non-hydrogen) atoms. The quantitative estimate of drug-likeness (QED) is 0.537. The normalized spacial score (nSPS) is 10.1. The number of ether oxygens (including phenoxy) is 1. The first-order valence-corrected chi connectivity index (χ1v) is 5.49. The van der Waals surface area contributed by atoms with Crippen LogP contribution in [0, 0.1) is 0 Å². The number of rotatable bonds is 5. The van der Waals surface area contributed by atoms with Crippen LogP contribution in [0.5, 0.6) is 0 Å². The highest BCUT2D eigenvalue weighted by Gasteiger charge is 2.10. The SMILES string of the molecule is CCSCCn1cnc(C(=O)OC)n1. The first kappa shape index (κ1) is 11.0. The van der Waals surface area contributed by atoms with Crippen molar-refractivity contribution < 1.29 is 9.53 Å². The molecule has 0 bridgehead atoms. The van der Waals surface area contributed by atoms with E-state index in [4.69, 9.17) is 0 Å². The first-order valence-electron chi connectivity index (χ1n) is 4.33. The first-order chi connectivity index (χ1) is 6.77. The second-order valence-electron chi connectivity index (χ2n) is 2.52. The van der Waals surface area contributed by atoms with Gasteiger partial charge in [0.25, 0.3) is 5.82 Å². The minimum Gasteiger partial charge on any atom is -0.463 e. The van der Waals surface area contributed by atoms with Gasteiger partial charge in [-0.3, -0.25) is 4.68 Å². The summed E-state index contributed by atoms with van der Waals surface area (Å²) in [5, 5.41) is 3.97. The molecule has 1 heterocycles. The second kappa shape index (κ2) is 5.64. The van der Waals surface area contributed by atoms with E-state index < -0.39 is 5.97 Å². The van der Waals surface area contributed by atoms with Crippen molar-refractivity contribution in [3.63, 3.8) is 0 Å². The summed E-state index contributed by atoms with van der Waals surface area (Å²) in [6, 6.07) is 0. The molecule has 0 spiro atoms. The molecule has 6 heteroatoms. The summed E-state index contributed by atoms with van der Waals surface area (Å²) in [4.78, 5) is 14.8. The molecule has 0 radical (unpaired) electrons. The monoisotopic (exact) mass is 215 g/mol. The Morgan fingerprint density at radius 3 is 3.14 bits per heavy atom. The van der Waals surface area contributed by atoms with Gasteiger partial charge >= 0.3 is 5.97 Å². The Morgan fingerprint density at radius 2 is 2.50 bits per heavy atom. The fraction of sp³-hybridized carbons (Fsp3) is 0.625. The molecule has 0 aromatic carbocycles. The second-order valence-corrected chi connectivity index (χ2v) is 3.91. The van der Waals surface area contributed by atoms with Crippen LogP contribution >= 0.6 is 11.8 Å². The van der Waals surface area contributed by atoms with Crippen LogP contribution in [0.3, 0.4) is 0 Å². The number of carbonyl (C=O) groups excluding carboxylic acids is 1. The number of hydrogen-bond donors (Lipinski definition) is 0. The van der Waals surface area contributed by atoms with Crippen molar-refractivity contribution in [2.24, 2.45) is 0 Å². The van der Waals surface area contributed by atoms with Crippen molar-refractivity contribution >= 4 is 17.7 Å². The van der Waals surface area contributed by atoms with Crippen LogP contribution < -0.4 is 0 Å². The van der Waals surface area contributed by atoms with Crippen molar-refractivity contribution in [2.75, 3.05) is 18.6 Å². The molecule has 1 rings (SSSR count). The van der Waals surface area contributed by atoms with E-state index in [-0.39, 0.29) is 5.82 Å². The molecule has 1 aromatic heterocycles. The van der Waals surface area contributed by atoms with Gasteiger partial charge in [0.2, 0.25) is 0 Å². The van der Waals surface area contributed by atoms with Crippen molar-refractivity contribution in [1.29, 1.82) is 0 Å². The van der Waals surface area contributed by atoms with Gasteiger partial charge in [0, 0.05) is 5.75 Å². The number of esters is 1. The molecule has 0 aliphatic rings. The van der Waals surface area contributed by atoms with E-state index in [1.54, 1.807) is 11.0 Å². The van der Waals surface area contributed by atoms with Crippen LogP contribution in [0.2, 0.25) is 0 Å². The predicted molar refractivity (Wildman–Crippen MR) is 54.4 cm³/mol. The summed E-state index contributed by atoms with van der Waals surface area (Å²) in [6.45, 7) is 2.87. The fourth-order valence-electron chi connectivity index (χ4n) is 0.890. The Bertz CT molecular complexity index is 301. The van der Waals surface area contributed by atoms with Gasteiger partial charge in [-0.25, -0.2) is 9.78 Å². The topological polar surface area (TPSA) is 57.0 Å². The number of thioether (sulfide) groups is 1. The highest BCUT2D eigenvalue weighted by molar-refractivity contribution is 7.99. The molecule has 0 aliphatic carbocycles. The van der Waals surface area contributed by atoms with E-state index in [1.807, 2.05) is 11.8 Å². The highest BCUT2D eigenvalue weighted by Crippen LogP contribution is 2.00. The number of hydrogen-bond acceptors (Lipinski definition) is 5. The zero-order chi connectivity index (χ0) is 10.4. The predicted octanol–water partition coefficient (Wildman–Crippen LogP) is 0.818. The van der Waals surface area contributed by atoms with Gasteiger partial charge < -0.3 is 4.74 Å². The Labute approximate surface area is 86.8 Å². The van der Waals surface area contributed by atoms with Gasteiger partial charge in [0.1, 0.15) is 6.33 Å². The molecular formula is C8H13N3O2S. The van der Waals surface area contributed by atoms with E-state index >= 15 is 0 Å². The smallest absolute Gasteiger partial charge is 0.377 e. The van der Waals surface area contributed by atoms with Crippen LogP contribution in [0.1, 0.15) is 17.5 Å². The Hall–Kier alpha value is -1.04. The van der Waals surface area contributed by atoms with E-state index in [2.05, 4.69) is 21.7 Å². The molecule has 0 N–H and O–H groups in total. The zero-order valence-electron chi connectivity index (χ0n) is 8.27. The Morgan fingerprint density at radius 1 is 1.71 bits per heavy atom. The lowest BCUT2D eigenvalue weighted by molar-refractivity contribution is 0.0586. The zero-order valence-corrected chi connectivity index (χ0v) is 9.08. The van der Waals surface area contributed by atoms with Crippen molar-refractivity contribution in [1.82, 2.24) is 14.8 Å². The lowest BCUT2D eigenvalue weighted by atomic mass is 10.6. The third-order valence-electron chi connectivity index (χ3n) is 1.57. The molecule has 78 valence electrons. The van der Waals surface area contributed by atoms with Crippen molar-refractivity contribution in [2.45, 2.75) is 13.5 Å². The fourth-order valence-corrected chi connectivity index (χ4v) is 1.49. The molecule has 0 atom stereocenters. The van der Waals surface area contributed by atoms with Crippen LogP contribution in [0.4, 0.5) is 0 Å². The van der Waals surface area contributed by atoms with Gasteiger partial charge in [-0.1, -0.05) is 6.92 Å².